The second-order valence-corrected chi connectivity index (χ2v) is 3.26. The molecule has 0 aliphatic carbocycles. The minimum Gasteiger partial charge on any atom is -0.506 e. The summed E-state index contributed by atoms with van der Waals surface area (Å²) < 4.78 is 4.88. The van der Waals surface area contributed by atoms with Crippen LogP contribution in [0.2, 0.25) is 0 Å². The molecule has 2 N–H and O–H groups in total. The summed E-state index contributed by atoms with van der Waals surface area (Å²) in [5.74, 6) is -0.301. The summed E-state index contributed by atoms with van der Waals surface area (Å²) in [6, 6.07) is 1.28. The molecule has 0 saturated heterocycles. The lowest BCUT2D eigenvalue weighted by molar-refractivity contribution is 0.0905. The number of pyridine rings is 1. The number of rotatable bonds is 4. The van der Waals surface area contributed by atoms with E-state index in [4.69, 9.17) is 9.84 Å². The van der Waals surface area contributed by atoms with E-state index in [9.17, 15) is 4.79 Å². The number of carbonyl (C=O) groups excluding carboxylic acids is 1. The van der Waals surface area contributed by atoms with Gasteiger partial charge in [-0.05, 0) is 13.0 Å². The zero-order valence-corrected chi connectivity index (χ0v) is 8.73. The summed E-state index contributed by atoms with van der Waals surface area (Å²) in [6.07, 6.45) is 2.67. The number of nitrogens with one attached hydrogen (secondary N) is 1. The predicted molar refractivity (Wildman–Crippen MR) is 54.7 cm³/mol. The van der Waals surface area contributed by atoms with Gasteiger partial charge in [-0.1, -0.05) is 0 Å². The number of methoxy groups -OCH3 is 1. The van der Waals surface area contributed by atoms with Crippen LogP contribution >= 0.6 is 0 Å². The average Bonchev–Trinajstić information content (AvgIpc) is 2.18. The first-order chi connectivity index (χ1) is 7.13. The van der Waals surface area contributed by atoms with Crippen molar-refractivity contribution in [1.82, 2.24) is 10.3 Å². The first-order valence-corrected chi connectivity index (χ1v) is 4.57. The largest absolute Gasteiger partial charge is 0.506 e. The highest BCUT2D eigenvalue weighted by atomic mass is 16.5. The van der Waals surface area contributed by atoms with Gasteiger partial charge >= 0.3 is 0 Å². The molecule has 0 fully saturated rings. The fourth-order valence-electron chi connectivity index (χ4n) is 1.15. The quantitative estimate of drug-likeness (QED) is 0.761. The van der Waals surface area contributed by atoms with Crippen molar-refractivity contribution >= 4 is 5.91 Å². The highest BCUT2D eigenvalue weighted by Gasteiger charge is 2.10. The first kappa shape index (κ1) is 11.5. The van der Waals surface area contributed by atoms with Crippen molar-refractivity contribution in [1.29, 1.82) is 0 Å². The van der Waals surface area contributed by atoms with Gasteiger partial charge in [0.1, 0.15) is 5.75 Å². The Labute approximate surface area is 88.1 Å². The summed E-state index contributed by atoms with van der Waals surface area (Å²) in [5.41, 5.74) is 0.331. The maximum absolute atomic E-state index is 11.6. The molecule has 1 aromatic rings. The second-order valence-electron chi connectivity index (χ2n) is 3.26. The fraction of sp³-hybridized carbons (Fsp3) is 0.400. The highest BCUT2D eigenvalue weighted by molar-refractivity contribution is 5.94. The van der Waals surface area contributed by atoms with E-state index in [-0.39, 0.29) is 17.7 Å². The minimum atomic E-state index is -0.275. The minimum absolute atomic E-state index is 0.0259. The molecule has 0 aliphatic rings. The third-order valence-electron chi connectivity index (χ3n) is 1.78. The number of ether oxygens (including phenoxy) is 1. The lowest BCUT2D eigenvalue weighted by atomic mass is 10.2. The Morgan fingerprint density at radius 3 is 3.00 bits per heavy atom. The van der Waals surface area contributed by atoms with Gasteiger partial charge in [-0.15, -0.1) is 0 Å². The van der Waals surface area contributed by atoms with Crippen molar-refractivity contribution in [3.05, 3.63) is 24.0 Å². The first-order valence-electron chi connectivity index (χ1n) is 4.57. The molecule has 1 heterocycles. The third kappa shape index (κ3) is 3.55. The molecule has 5 heteroatoms. The Kier molecular flexibility index (Phi) is 4.05. The van der Waals surface area contributed by atoms with E-state index in [0.29, 0.717) is 12.2 Å². The van der Waals surface area contributed by atoms with Gasteiger partial charge in [0.05, 0.1) is 18.4 Å². The Morgan fingerprint density at radius 2 is 2.40 bits per heavy atom. The van der Waals surface area contributed by atoms with Gasteiger partial charge in [-0.25, -0.2) is 0 Å². The number of nitrogens with zero attached hydrogens (tertiary/aromatic N) is 1. The van der Waals surface area contributed by atoms with Crippen molar-refractivity contribution in [3.8, 4) is 5.75 Å². The molecule has 1 rings (SSSR count). The number of aromatic nitrogens is 1. The Morgan fingerprint density at radius 1 is 1.67 bits per heavy atom. The van der Waals surface area contributed by atoms with Crippen LogP contribution in [0.5, 0.6) is 5.75 Å². The van der Waals surface area contributed by atoms with Gasteiger partial charge in [0.2, 0.25) is 0 Å². The number of aromatic hydroxyl groups is 1. The van der Waals surface area contributed by atoms with Crippen molar-refractivity contribution in [2.24, 2.45) is 0 Å². The van der Waals surface area contributed by atoms with Crippen molar-refractivity contribution in [3.63, 3.8) is 0 Å². The molecular weight excluding hydrogens is 196 g/mol. The molecule has 0 aromatic carbocycles. The van der Waals surface area contributed by atoms with E-state index in [1.54, 1.807) is 7.11 Å². The zero-order valence-electron chi connectivity index (χ0n) is 8.73. The van der Waals surface area contributed by atoms with Gasteiger partial charge in [-0.3, -0.25) is 9.78 Å². The van der Waals surface area contributed by atoms with E-state index < -0.39 is 0 Å². The van der Waals surface area contributed by atoms with Crippen LogP contribution in [-0.2, 0) is 4.74 Å². The van der Waals surface area contributed by atoms with Gasteiger partial charge < -0.3 is 15.2 Å². The van der Waals surface area contributed by atoms with E-state index in [2.05, 4.69) is 10.3 Å². The standard InChI is InChI=1S/C10H14N2O3/c1-7(6-15-2)12-10(14)8-3-9(13)5-11-4-8/h3-5,7,13H,6H2,1-2H3,(H,12,14). The molecule has 0 spiro atoms. The average molecular weight is 210 g/mol. The molecule has 1 atom stereocenters. The molecule has 0 radical (unpaired) electrons. The normalized spacial score (nSPS) is 12.1. The highest BCUT2D eigenvalue weighted by Crippen LogP contribution is 2.08. The van der Waals surface area contributed by atoms with Crippen LogP contribution in [-0.4, -0.2) is 35.8 Å². The van der Waals surface area contributed by atoms with Crippen LogP contribution in [0.1, 0.15) is 17.3 Å². The number of hydrogen-bond donors (Lipinski definition) is 2. The van der Waals surface area contributed by atoms with Gasteiger partial charge in [0.15, 0.2) is 0 Å². The smallest absolute Gasteiger partial charge is 0.253 e. The van der Waals surface area contributed by atoms with Crippen molar-refractivity contribution < 1.29 is 14.6 Å². The van der Waals surface area contributed by atoms with Crippen LogP contribution in [0, 0.1) is 0 Å². The van der Waals surface area contributed by atoms with Crippen LogP contribution in [0.15, 0.2) is 18.5 Å². The van der Waals surface area contributed by atoms with Crippen LogP contribution in [0.25, 0.3) is 0 Å². The second kappa shape index (κ2) is 5.31. The maximum atomic E-state index is 11.6. The Bertz CT molecular complexity index is 341. The molecule has 15 heavy (non-hydrogen) atoms. The fourth-order valence-corrected chi connectivity index (χ4v) is 1.15. The van der Waals surface area contributed by atoms with Gasteiger partial charge in [-0.2, -0.15) is 0 Å². The number of amides is 1. The monoisotopic (exact) mass is 210 g/mol. The van der Waals surface area contributed by atoms with Gasteiger partial charge in [0, 0.05) is 19.3 Å². The summed E-state index contributed by atoms with van der Waals surface area (Å²) in [5, 5.41) is 11.8. The summed E-state index contributed by atoms with van der Waals surface area (Å²) in [4.78, 5) is 15.3. The third-order valence-corrected chi connectivity index (χ3v) is 1.78. The van der Waals surface area contributed by atoms with Crippen LogP contribution in [0.4, 0.5) is 0 Å². The predicted octanol–water partition coefficient (Wildman–Crippen LogP) is 0.552. The van der Waals surface area contributed by atoms with E-state index in [0.717, 1.165) is 0 Å². The number of hydrogen-bond acceptors (Lipinski definition) is 4. The summed E-state index contributed by atoms with van der Waals surface area (Å²) in [7, 11) is 1.57. The maximum Gasteiger partial charge on any atom is 0.253 e. The molecule has 5 nitrogen and oxygen atoms in total. The number of carbonyl (C=O) groups is 1. The summed E-state index contributed by atoms with van der Waals surface area (Å²) in [6.45, 7) is 2.27. The van der Waals surface area contributed by atoms with Crippen LogP contribution in [0.3, 0.4) is 0 Å². The van der Waals surface area contributed by atoms with E-state index >= 15 is 0 Å². The SMILES string of the molecule is COCC(C)NC(=O)c1cncc(O)c1. The topological polar surface area (TPSA) is 71.5 Å². The van der Waals surface area contributed by atoms with Crippen LogP contribution < -0.4 is 5.32 Å². The molecule has 1 aromatic heterocycles. The molecule has 82 valence electrons. The van der Waals surface area contributed by atoms with Crippen molar-refractivity contribution in [2.75, 3.05) is 13.7 Å². The lowest BCUT2D eigenvalue weighted by Gasteiger charge is -2.12. The Hall–Kier alpha value is -1.62. The molecule has 1 unspecified atom stereocenters. The molecule has 0 bridgehead atoms. The summed E-state index contributed by atoms with van der Waals surface area (Å²) >= 11 is 0. The van der Waals surface area contributed by atoms with E-state index in [1.807, 2.05) is 6.92 Å². The molecule has 0 aliphatic heterocycles. The van der Waals surface area contributed by atoms with Crippen molar-refractivity contribution in [2.45, 2.75) is 13.0 Å². The molecule has 0 saturated carbocycles. The molecular formula is C10H14N2O3. The van der Waals surface area contributed by atoms with E-state index in [1.165, 1.54) is 18.5 Å². The Balaban J connectivity index is 2.61. The zero-order chi connectivity index (χ0) is 11.3. The lowest BCUT2D eigenvalue weighted by Crippen LogP contribution is -2.35. The molecule has 1 amide bonds. The van der Waals surface area contributed by atoms with Gasteiger partial charge in [0.25, 0.3) is 5.91 Å².